The Kier molecular flexibility index (Phi) is 2.74. The lowest BCUT2D eigenvalue weighted by Gasteiger charge is -2.04. The van der Waals surface area contributed by atoms with E-state index in [0.717, 1.165) is 22.3 Å². The minimum absolute atomic E-state index is 0.227. The number of anilines is 1. The number of nitrogens with zero attached hydrogens (tertiary/aromatic N) is 4. The number of hydrogen-bond acceptors (Lipinski definition) is 4. The molecule has 0 saturated heterocycles. The van der Waals surface area contributed by atoms with E-state index in [-0.39, 0.29) is 5.91 Å². The molecule has 1 amide bonds. The van der Waals surface area contributed by atoms with Crippen LogP contribution in [0, 0.1) is 13.8 Å². The van der Waals surface area contributed by atoms with Crippen LogP contribution < -0.4 is 5.32 Å². The Bertz CT molecular complexity index is 800. The van der Waals surface area contributed by atoms with Crippen LogP contribution >= 0.6 is 0 Å². The Morgan fingerprint density at radius 3 is 2.85 bits per heavy atom. The molecule has 7 nitrogen and oxygen atoms in total. The zero-order chi connectivity index (χ0) is 14.3. The summed E-state index contributed by atoms with van der Waals surface area (Å²) in [6.07, 6.45) is 3.20. The molecule has 0 aliphatic carbocycles. The lowest BCUT2D eigenvalue weighted by molar-refractivity contribution is 0.102. The summed E-state index contributed by atoms with van der Waals surface area (Å²) in [5.74, 6) is 0.369. The highest BCUT2D eigenvalue weighted by Gasteiger charge is 2.13. The van der Waals surface area contributed by atoms with Crippen molar-refractivity contribution >= 4 is 22.8 Å². The van der Waals surface area contributed by atoms with Gasteiger partial charge in [-0.1, -0.05) is 0 Å². The van der Waals surface area contributed by atoms with Crippen molar-refractivity contribution in [1.29, 1.82) is 0 Å². The van der Waals surface area contributed by atoms with Gasteiger partial charge in [0.2, 0.25) is 0 Å². The predicted molar refractivity (Wildman–Crippen MR) is 74.5 cm³/mol. The molecule has 20 heavy (non-hydrogen) atoms. The maximum Gasteiger partial charge on any atom is 0.258 e. The number of amides is 1. The molecule has 0 bridgehead atoms. The van der Waals surface area contributed by atoms with E-state index in [0.29, 0.717) is 11.4 Å². The van der Waals surface area contributed by atoms with Gasteiger partial charge in [0.15, 0.2) is 5.65 Å². The zero-order valence-corrected chi connectivity index (χ0v) is 11.4. The van der Waals surface area contributed by atoms with Crippen molar-refractivity contribution in [2.24, 2.45) is 7.05 Å². The van der Waals surface area contributed by atoms with Gasteiger partial charge < -0.3 is 5.32 Å². The van der Waals surface area contributed by atoms with E-state index in [1.165, 1.54) is 0 Å². The number of pyridine rings is 1. The average molecular weight is 270 g/mol. The number of aromatic amines is 1. The van der Waals surface area contributed by atoms with E-state index >= 15 is 0 Å². The summed E-state index contributed by atoms with van der Waals surface area (Å²) in [6, 6.07) is 1.80. The van der Waals surface area contributed by atoms with Crippen LogP contribution in [0.3, 0.4) is 0 Å². The van der Waals surface area contributed by atoms with Gasteiger partial charge in [0.25, 0.3) is 5.91 Å². The smallest absolute Gasteiger partial charge is 0.258 e. The van der Waals surface area contributed by atoms with Gasteiger partial charge in [-0.15, -0.1) is 0 Å². The van der Waals surface area contributed by atoms with Crippen molar-refractivity contribution < 1.29 is 4.79 Å². The Morgan fingerprint density at radius 1 is 1.35 bits per heavy atom. The number of aryl methyl sites for hydroxylation is 3. The summed E-state index contributed by atoms with van der Waals surface area (Å²) in [7, 11) is 1.83. The molecule has 0 atom stereocenters. The maximum atomic E-state index is 12.2. The minimum Gasteiger partial charge on any atom is -0.307 e. The van der Waals surface area contributed by atoms with Crippen molar-refractivity contribution in [3.8, 4) is 0 Å². The number of carbonyl (C=O) groups is 1. The molecule has 3 rings (SSSR count). The molecule has 102 valence electrons. The fourth-order valence-corrected chi connectivity index (χ4v) is 2.09. The van der Waals surface area contributed by atoms with Crippen LogP contribution in [0.4, 0.5) is 5.82 Å². The second-order valence-corrected chi connectivity index (χ2v) is 4.69. The third-order valence-electron chi connectivity index (χ3n) is 3.19. The molecule has 0 unspecified atom stereocenters. The van der Waals surface area contributed by atoms with Gasteiger partial charge in [-0.3, -0.25) is 14.6 Å². The Labute approximate surface area is 115 Å². The summed E-state index contributed by atoms with van der Waals surface area (Å²) in [4.78, 5) is 16.5. The van der Waals surface area contributed by atoms with E-state index < -0.39 is 0 Å². The maximum absolute atomic E-state index is 12.2. The summed E-state index contributed by atoms with van der Waals surface area (Å²) in [5.41, 5.74) is 2.98. The molecule has 0 fully saturated rings. The lowest BCUT2D eigenvalue weighted by Crippen LogP contribution is -2.13. The standard InChI is InChI=1S/C13H14N6O/c1-7-5-15-17-11(7)16-13(20)9-4-10-8(2)18-19(3)12(10)14-6-9/h4-6H,1-3H3,(H2,15,16,17,20). The van der Waals surface area contributed by atoms with Crippen LogP contribution in [0.15, 0.2) is 18.5 Å². The molecule has 3 heterocycles. The van der Waals surface area contributed by atoms with Gasteiger partial charge in [0, 0.05) is 24.2 Å². The molecule has 0 saturated carbocycles. The van der Waals surface area contributed by atoms with Crippen LogP contribution in [-0.4, -0.2) is 30.9 Å². The Balaban J connectivity index is 1.96. The summed E-state index contributed by atoms with van der Waals surface area (Å²) >= 11 is 0. The third kappa shape index (κ3) is 1.93. The predicted octanol–water partition coefficient (Wildman–Crippen LogP) is 1.56. The quantitative estimate of drug-likeness (QED) is 0.739. The van der Waals surface area contributed by atoms with Gasteiger partial charge in [-0.2, -0.15) is 10.2 Å². The van der Waals surface area contributed by atoms with Crippen molar-refractivity contribution in [3.05, 3.63) is 35.3 Å². The first-order valence-corrected chi connectivity index (χ1v) is 6.17. The molecule has 3 aromatic rings. The number of hydrogen-bond donors (Lipinski definition) is 2. The van der Waals surface area contributed by atoms with E-state index in [4.69, 9.17) is 0 Å². The second-order valence-electron chi connectivity index (χ2n) is 4.69. The monoisotopic (exact) mass is 270 g/mol. The van der Waals surface area contributed by atoms with Crippen LogP contribution in [-0.2, 0) is 7.05 Å². The first kappa shape index (κ1) is 12.3. The fraction of sp³-hybridized carbons (Fsp3) is 0.231. The molecule has 0 aliphatic heterocycles. The molecule has 0 radical (unpaired) electrons. The Morgan fingerprint density at radius 2 is 2.15 bits per heavy atom. The van der Waals surface area contributed by atoms with Gasteiger partial charge in [0.1, 0.15) is 5.82 Å². The molecular weight excluding hydrogens is 256 g/mol. The molecule has 0 aromatic carbocycles. The summed E-state index contributed by atoms with van der Waals surface area (Å²) in [6.45, 7) is 3.76. The average Bonchev–Trinajstić information content (AvgIpc) is 2.95. The number of aromatic nitrogens is 5. The van der Waals surface area contributed by atoms with Crippen molar-refractivity contribution in [2.75, 3.05) is 5.32 Å². The van der Waals surface area contributed by atoms with Crippen LogP contribution in [0.1, 0.15) is 21.6 Å². The molecule has 0 aliphatic rings. The first-order valence-electron chi connectivity index (χ1n) is 6.17. The zero-order valence-electron chi connectivity index (χ0n) is 11.4. The van der Waals surface area contributed by atoms with Crippen molar-refractivity contribution in [2.45, 2.75) is 13.8 Å². The van der Waals surface area contributed by atoms with Gasteiger partial charge in [0.05, 0.1) is 17.5 Å². The Hall–Kier alpha value is -2.70. The molecule has 0 spiro atoms. The number of nitrogens with one attached hydrogen (secondary N) is 2. The van der Waals surface area contributed by atoms with E-state index in [1.807, 2.05) is 20.9 Å². The van der Waals surface area contributed by atoms with Crippen LogP contribution in [0.5, 0.6) is 0 Å². The van der Waals surface area contributed by atoms with Crippen molar-refractivity contribution in [1.82, 2.24) is 25.0 Å². The molecule has 7 heteroatoms. The van der Waals surface area contributed by atoms with E-state index in [2.05, 4.69) is 25.6 Å². The number of carbonyl (C=O) groups excluding carboxylic acids is 1. The normalized spacial score (nSPS) is 10.9. The van der Waals surface area contributed by atoms with Gasteiger partial charge in [-0.25, -0.2) is 4.98 Å². The fourth-order valence-electron chi connectivity index (χ4n) is 2.09. The third-order valence-corrected chi connectivity index (χ3v) is 3.19. The van der Waals surface area contributed by atoms with E-state index in [9.17, 15) is 4.79 Å². The summed E-state index contributed by atoms with van der Waals surface area (Å²) < 4.78 is 1.70. The molecule has 2 N–H and O–H groups in total. The topological polar surface area (TPSA) is 88.5 Å². The number of fused-ring (bicyclic) bond motifs is 1. The highest BCUT2D eigenvalue weighted by Crippen LogP contribution is 2.17. The largest absolute Gasteiger partial charge is 0.307 e. The van der Waals surface area contributed by atoms with Gasteiger partial charge in [-0.05, 0) is 19.9 Å². The lowest BCUT2D eigenvalue weighted by atomic mass is 10.2. The van der Waals surface area contributed by atoms with Crippen LogP contribution in [0.2, 0.25) is 0 Å². The van der Waals surface area contributed by atoms with E-state index in [1.54, 1.807) is 23.1 Å². The number of rotatable bonds is 2. The number of H-pyrrole nitrogens is 1. The first-order chi connectivity index (χ1) is 9.56. The SMILES string of the molecule is Cc1cn[nH]c1NC(=O)c1cnc2c(c1)c(C)nn2C. The summed E-state index contributed by atoms with van der Waals surface area (Å²) in [5, 5.41) is 14.5. The minimum atomic E-state index is -0.227. The molecule has 3 aromatic heterocycles. The molecular formula is C13H14N6O. The highest BCUT2D eigenvalue weighted by atomic mass is 16.1. The van der Waals surface area contributed by atoms with Crippen LogP contribution in [0.25, 0.3) is 11.0 Å². The van der Waals surface area contributed by atoms with Gasteiger partial charge >= 0.3 is 0 Å². The van der Waals surface area contributed by atoms with Crippen molar-refractivity contribution in [3.63, 3.8) is 0 Å². The second kappa shape index (κ2) is 4.44. The highest BCUT2D eigenvalue weighted by molar-refractivity contribution is 6.05.